The Balaban J connectivity index is 2.72. The maximum absolute atomic E-state index is 12.7. The van der Waals surface area contributed by atoms with Gasteiger partial charge in [0.25, 0.3) is 11.8 Å². The monoisotopic (exact) mass is 523 g/mol. The summed E-state index contributed by atoms with van der Waals surface area (Å²) in [4.78, 5) is 60.9. The van der Waals surface area contributed by atoms with Crippen molar-refractivity contribution in [2.24, 2.45) is 5.73 Å². The zero-order chi connectivity index (χ0) is 27.8. The second-order valence-corrected chi connectivity index (χ2v) is 9.03. The third-order valence-corrected chi connectivity index (χ3v) is 4.47. The number of amides is 5. The van der Waals surface area contributed by atoms with Crippen LogP contribution in [-0.2, 0) is 35.2 Å². The second-order valence-electron chi connectivity index (χ2n) is 9.03. The molecule has 37 heavy (non-hydrogen) atoms. The van der Waals surface area contributed by atoms with Gasteiger partial charge in [-0.1, -0.05) is 43.7 Å². The van der Waals surface area contributed by atoms with Crippen molar-refractivity contribution in [2.45, 2.75) is 71.2 Å². The number of benzene rings is 1. The molecule has 1 rings (SSSR count). The Labute approximate surface area is 216 Å². The number of primary amides is 1. The quantitative estimate of drug-likeness (QED) is 0.187. The van der Waals surface area contributed by atoms with Crippen molar-refractivity contribution in [1.29, 1.82) is 0 Å². The molecule has 0 heterocycles. The number of carbonyl (C=O) groups is 5. The average Bonchev–Trinajstić information content (AvgIpc) is 2.81. The number of hydrogen-bond acceptors (Lipinski definition) is 8. The topological polar surface area (TPSA) is 187 Å². The minimum atomic E-state index is -1.43. The Morgan fingerprint density at radius 2 is 1.51 bits per heavy atom. The molecule has 5 amide bonds. The predicted octanol–water partition coefficient (Wildman–Crippen LogP) is 1.01. The lowest BCUT2D eigenvalue weighted by Crippen LogP contribution is -2.58. The summed E-state index contributed by atoms with van der Waals surface area (Å²) in [7, 11) is 0. The number of hydrogen-bond donors (Lipinski definition) is 5. The molecule has 13 heteroatoms. The smallest absolute Gasteiger partial charge is 0.408 e. The third kappa shape index (κ3) is 14.3. The van der Waals surface area contributed by atoms with Crippen molar-refractivity contribution in [3.63, 3.8) is 0 Å². The molecule has 6 N–H and O–H groups in total. The molecule has 0 aliphatic carbocycles. The Bertz CT molecular complexity index is 904. The van der Waals surface area contributed by atoms with Gasteiger partial charge in [-0.05, 0) is 32.8 Å². The van der Waals surface area contributed by atoms with Gasteiger partial charge in [0.05, 0.1) is 13.0 Å². The van der Waals surface area contributed by atoms with Crippen molar-refractivity contribution in [3.05, 3.63) is 35.9 Å². The summed E-state index contributed by atoms with van der Waals surface area (Å²) >= 11 is 0. The van der Waals surface area contributed by atoms with Gasteiger partial charge in [-0.3, -0.25) is 25.2 Å². The number of alkyl carbamates (subject to hydrolysis) is 2. The molecular formula is C24H37N5O8. The summed E-state index contributed by atoms with van der Waals surface area (Å²) in [5.74, 6) is -2.63. The Hall–Kier alpha value is -3.87. The molecule has 0 aliphatic heterocycles. The highest BCUT2D eigenvalue weighted by Gasteiger charge is 2.27. The van der Waals surface area contributed by atoms with E-state index < -0.39 is 54.0 Å². The molecule has 0 bridgehead atoms. The molecule has 206 valence electrons. The predicted molar refractivity (Wildman–Crippen MR) is 133 cm³/mol. The average molecular weight is 524 g/mol. The third-order valence-electron chi connectivity index (χ3n) is 4.47. The highest BCUT2D eigenvalue weighted by molar-refractivity contribution is 5.93. The minimum Gasteiger partial charge on any atom is -0.445 e. The first-order valence-electron chi connectivity index (χ1n) is 11.8. The van der Waals surface area contributed by atoms with Crippen LogP contribution in [0.3, 0.4) is 0 Å². The van der Waals surface area contributed by atoms with Crippen LogP contribution in [0.15, 0.2) is 30.3 Å². The molecule has 0 fully saturated rings. The van der Waals surface area contributed by atoms with E-state index in [1.807, 2.05) is 6.92 Å². The second kappa shape index (κ2) is 16.0. The first-order valence-corrected chi connectivity index (χ1v) is 11.8. The van der Waals surface area contributed by atoms with Crippen LogP contribution in [0.1, 0.15) is 52.5 Å². The molecule has 0 saturated heterocycles. The van der Waals surface area contributed by atoms with Gasteiger partial charge in [-0.15, -0.1) is 0 Å². The van der Waals surface area contributed by atoms with Crippen molar-refractivity contribution in [2.75, 3.05) is 13.2 Å². The van der Waals surface area contributed by atoms with E-state index in [1.54, 1.807) is 51.1 Å². The van der Waals surface area contributed by atoms with Crippen molar-refractivity contribution in [3.8, 4) is 0 Å². The maximum atomic E-state index is 12.7. The van der Waals surface area contributed by atoms with Crippen LogP contribution in [0.5, 0.6) is 0 Å². The highest BCUT2D eigenvalue weighted by Crippen LogP contribution is 2.07. The molecule has 13 nitrogen and oxygen atoms in total. The van der Waals surface area contributed by atoms with E-state index in [0.717, 1.165) is 12.8 Å². The van der Waals surface area contributed by atoms with Crippen LogP contribution in [0.4, 0.5) is 9.59 Å². The van der Waals surface area contributed by atoms with Gasteiger partial charge in [0, 0.05) is 6.61 Å². The number of carbonyl (C=O) groups excluding carboxylic acids is 5. The van der Waals surface area contributed by atoms with E-state index in [4.69, 9.17) is 19.9 Å². The van der Waals surface area contributed by atoms with Gasteiger partial charge in [0.1, 0.15) is 24.3 Å². The minimum absolute atomic E-state index is 0.0651. The van der Waals surface area contributed by atoms with Gasteiger partial charge in [0.2, 0.25) is 5.91 Å². The summed E-state index contributed by atoms with van der Waals surface area (Å²) in [6.45, 7) is 7.07. The van der Waals surface area contributed by atoms with Crippen LogP contribution in [-0.4, -0.2) is 60.8 Å². The van der Waals surface area contributed by atoms with Crippen molar-refractivity contribution in [1.82, 2.24) is 21.5 Å². The van der Waals surface area contributed by atoms with E-state index in [-0.39, 0.29) is 13.2 Å². The molecule has 0 aliphatic rings. The molecule has 0 spiro atoms. The van der Waals surface area contributed by atoms with Crippen LogP contribution in [0.2, 0.25) is 0 Å². The van der Waals surface area contributed by atoms with Crippen LogP contribution < -0.4 is 27.2 Å². The largest absolute Gasteiger partial charge is 0.445 e. The zero-order valence-corrected chi connectivity index (χ0v) is 21.6. The maximum Gasteiger partial charge on any atom is 0.408 e. The molecule has 1 aromatic rings. The number of hydrazine groups is 1. The molecule has 1 aromatic carbocycles. The van der Waals surface area contributed by atoms with E-state index >= 15 is 0 Å². The zero-order valence-electron chi connectivity index (χ0n) is 21.6. The number of nitrogens with one attached hydrogen (secondary N) is 4. The first kappa shape index (κ1) is 31.2. The molecule has 0 unspecified atom stereocenters. The molecule has 0 saturated carbocycles. The van der Waals surface area contributed by atoms with Gasteiger partial charge in [-0.25, -0.2) is 9.59 Å². The summed E-state index contributed by atoms with van der Waals surface area (Å²) < 4.78 is 15.7. The Kier molecular flexibility index (Phi) is 13.5. The lowest BCUT2D eigenvalue weighted by molar-refractivity contribution is -0.132. The lowest BCUT2D eigenvalue weighted by Gasteiger charge is -2.24. The van der Waals surface area contributed by atoms with Crippen molar-refractivity contribution < 1.29 is 38.2 Å². The Morgan fingerprint density at radius 3 is 2.08 bits per heavy atom. The van der Waals surface area contributed by atoms with Gasteiger partial charge < -0.3 is 30.6 Å². The lowest BCUT2D eigenvalue weighted by atomic mass is 10.2. The van der Waals surface area contributed by atoms with Gasteiger partial charge in [0.15, 0.2) is 0 Å². The summed E-state index contributed by atoms with van der Waals surface area (Å²) in [6, 6.07) is 6.18. The normalized spacial score (nSPS) is 12.4. The summed E-state index contributed by atoms with van der Waals surface area (Å²) in [5, 5.41) is 4.62. The van der Waals surface area contributed by atoms with Crippen LogP contribution in [0.25, 0.3) is 0 Å². The van der Waals surface area contributed by atoms with E-state index in [2.05, 4.69) is 21.5 Å². The number of ether oxygens (including phenoxy) is 3. The molecule has 0 radical (unpaired) electrons. The fourth-order valence-corrected chi connectivity index (χ4v) is 2.70. The van der Waals surface area contributed by atoms with Crippen LogP contribution in [0, 0.1) is 0 Å². The highest BCUT2D eigenvalue weighted by atomic mass is 16.6. The fourth-order valence-electron chi connectivity index (χ4n) is 2.70. The fraction of sp³-hybridized carbons (Fsp3) is 0.542. The number of nitrogens with two attached hydrogens (primary N) is 1. The standard InChI is InChI=1S/C24H37N5O8/c1-5-6-12-35-15-18(27-23(34)37-24(2,3)4)21(32)29-28-20(31)17(13-19(25)30)26-22(33)36-14-16-10-8-7-9-11-16/h7-11,17-18H,5-6,12-15H2,1-4H3,(H2,25,30)(H,26,33)(H,27,34)(H,28,31)(H,29,32)/t17-,18-/m0/s1. The molecule has 0 aromatic heterocycles. The van der Waals surface area contributed by atoms with E-state index in [0.29, 0.717) is 12.2 Å². The van der Waals surface area contributed by atoms with E-state index in [9.17, 15) is 24.0 Å². The van der Waals surface area contributed by atoms with Crippen molar-refractivity contribution >= 4 is 29.9 Å². The summed E-state index contributed by atoms with van der Waals surface area (Å²) in [6.07, 6.45) is -0.757. The van der Waals surface area contributed by atoms with Gasteiger partial charge >= 0.3 is 12.2 Å². The molecular weight excluding hydrogens is 486 g/mol. The first-order chi connectivity index (χ1) is 17.4. The van der Waals surface area contributed by atoms with E-state index in [1.165, 1.54) is 0 Å². The molecule has 2 atom stereocenters. The van der Waals surface area contributed by atoms with Gasteiger partial charge in [-0.2, -0.15) is 0 Å². The summed E-state index contributed by atoms with van der Waals surface area (Å²) in [5.41, 5.74) is 9.35. The SMILES string of the molecule is CCCCOC[C@H](NC(=O)OC(C)(C)C)C(=O)NNC(=O)[C@H](CC(N)=O)NC(=O)OCc1ccccc1. The number of rotatable bonds is 13. The number of unbranched alkanes of at least 4 members (excludes halogenated alkanes) is 1. The van der Waals surface area contributed by atoms with Crippen LogP contribution >= 0.6 is 0 Å². The Morgan fingerprint density at radius 1 is 0.919 bits per heavy atom.